The molecule has 1 amide bonds. The second kappa shape index (κ2) is 8.62. The summed E-state index contributed by atoms with van der Waals surface area (Å²) in [6.07, 6.45) is 0. The summed E-state index contributed by atoms with van der Waals surface area (Å²) in [5.41, 5.74) is 4.10. The third-order valence-corrected chi connectivity index (χ3v) is 5.28. The van der Waals surface area contributed by atoms with Crippen LogP contribution in [0, 0.1) is 13.8 Å². The lowest BCUT2D eigenvalue weighted by Crippen LogP contribution is -2.16. The first kappa shape index (κ1) is 20.6. The van der Waals surface area contributed by atoms with Crippen LogP contribution in [-0.2, 0) is 0 Å². The van der Waals surface area contributed by atoms with Gasteiger partial charge in [-0.2, -0.15) is 0 Å². The van der Waals surface area contributed by atoms with E-state index in [1.54, 1.807) is 17.9 Å². The average molecular weight is 433 g/mol. The predicted molar refractivity (Wildman–Crippen MR) is 122 cm³/mol. The van der Waals surface area contributed by atoms with E-state index in [-0.39, 0.29) is 5.82 Å². The average Bonchev–Trinajstić information content (AvgIpc) is 3.22. The Balaban J connectivity index is 1.79. The molecule has 0 spiro atoms. The number of carbonyl (C=O) groups excluding carboxylic acids is 1. The van der Waals surface area contributed by atoms with Gasteiger partial charge in [-0.25, -0.2) is 9.67 Å². The Kier molecular flexibility index (Phi) is 5.73. The smallest absolute Gasteiger partial charge is 0.295 e. The van der Waals surface area contributed by atoms with Crippen LogP contribution in [0.15, 0.2) is 66.7 Å². The van der Waals surface area contributed by atoms with Gasteiger partial charge in [0.2, 0.25) is 5.82 Å². The molecule has 0 fully saturated rings. The Bertz CT molecular complexity index is 1230. The van der Waals surface area contributed by atoms with Crippen molar-refractivity contribution in [1.29, 1.82) is 0 Å². The summed E-state index contributed by atoms with van der Waals surface area (Å²) in [5, 5.41) is 7.94. The van der Waals surface area contributed by atoms with Gasteiger partial charge >= 0.3 is 0 Å². The largest absolute Gasteiger partial charge is 0.497 e. The zero-order valence-corrected chi connectivity index (χ0v) is 18.1. The molecule has 31 heavy (non-hydrogen) atoms. The lowest BCUT2D eigenvalue weighted by atomic mass is 10.1. The summed E-state index contributed by atoms with van der Waals surface area (Å²) in [5.74, 6) is 0.884. The maximum Gasteiger partial charge on any atom is 0.295 e. The number of ether oxygens (including phenoxy) is 1. The molecule has 156 valence electrons. The van der Waals surface area contributed by atoms with Gasteiger partial charge in [-0.1, -0.05) is 41.9 Å². The normalized spacial score (nSPS) is 10.7. The number of nitrogens with zero attached hydrogens (tertiary/aromatic N) is 3. The molecular weight excluding hydrogens is 412 g/mol. The zero-order chi connectivity index (χ0) is 22.0. The summed E-state index contributed by atoms with van der Waals surface area (Å²) in [6.45, 7) is 3.89. The summed E-state index contributed by atoms with van der Waals surface area (Å²) in [6, 6.07) is 20.5. The molecule has 0 aliphatic heterocycles. The first-order chi connectivity index (χ1) is 15.0. The van der Waals surface area contributed by atoms with Gasteiger partial charge in [0.15, 0.2) is 5.82 Å². The fraction of sp³-hybridized carbons (Fsp3) is 0.125. The molecule has 1 aromatic heterocycles. The molecule has 4 aromatic rings. The number of amides is 1. The number of anilines is 1. The number of benzene rings is 3. The highest BCUT2D eigenvalue weighted by atomic mass is 35.5. The van der Waals surface area contributed by atoms with Crippen molar-refractivity contribution in [3.8, 4) is 22.8 Å². The van der Waals surface area contributed by atoms with Gasteiger partial charge in [-0.05, 0) is 61.4 Å². The SMILES string of the molecule is COc1ccc(-c2nc(C(=O)Nc3c(C)cccc3C)nn2-c2ccccc2Cl)cc1. The van der Waals surface area contributed by atoms with Crippen LogP contribution in [0.5, 0.6) is 5.75 Å². The number of hydrogen-bond donors (Lipinski definition) is 1. The second-order valence-electron chi connectivity index (χ2n) is 7.07. The van der Waals surface area contributed by atoms with Crippen molar-refractivity contribution in [3.63, 3.8) is 0 Å². The number of methoxy groups -OCH3 is 1. The first-order valence-corrected chi connectivity index (χ1v) is 10.1. The van der Waals surface area contributed by atoms with E-state index in [0.29, 0.717) is 16.5 Å². The third kappa shape index (κ3) is 4.15. The number of rotatable bonds is 5. The molecule has 1 heterocycles. The van der Waals surface area contributed by atoms with E-state index in [2.05, 4.69) is 15.4 Å². The summed E-state index contributed by atoms with van der Waals surface area (Å²) in [4.78, 5) is 17.6. The topological polar surface area (TPSA) is 69.0 Å². The standard InChI is InChI=1S/C24H21ClN4O2/c1-15-7-6-8-16(2)21(15)26-24(30)22-27-23(17-11-13-18(31-3)14-12-17)29(28-22)20-10-5-4-9-19(20)25/h4-14H,1-3H3,(H,26,30). The quantitative estimate of drug-likeness (QED) is 0.454. The summed E-state index contributed by atoms with van der Waals surface area (Å²) >= 11 is 6.42. The van der Waals surface area contributed by atoms with Crippen molar-refractivity contribution in [3.05, 3.63) is 88.7 Å². The van der Waals surface area contributed by atoms with Crippen molar-refractivity contribution < 1.29 is 9.53 Å². The van der Waals surface area contributed by atoms with E-state index >= 15 is 0 Å². The number of halogens is 1. The zero-order valence-electron chi connectivity index (χ0n) is 17.4. The molecule has 4 rings (SSSR count). The lowest BCUT2D eigenvalue weighted by Gasteiger charge is -2.09. The fourth-order valence-corrected chi connectivity index (χ4v) is 3.52. The van der Waals surface area contributed by atoms with Gasteiger partial charge in [0.25, 0.3) is 5.91 Å². The van der Waals surface area contributed by atoms with E-state index < -0.39 is 5.91 Å². The van der Waals surface area contributed by atoms with Gasteiger partial charge in [0.05, 0.1) is 17.8 Å². The Morgan fingerprint density at radius 2 is 1.65 bits per heavy atom. The van der Waals surface area contributed by atoms with Crippen LogP contribution in [0.1, 0.15) is 21.7 Å². The molecule has 0 aliphatic rings. The molecule has 0 unspecified atom stereocenters. The maximum absolute atomic E-state index is 13.0. The highest BCUT2D eigenvalue weighted by Crippen LogP contribution is 2.28. The molecule has 0 aliphatic carbocycles. The Labute approximate surface area is 185 Å². The highest BCUT2D eigenvalue weighted by Gasteiger charge is 2.21. The van der Waals surface area contributed by atoms with Crippen molar-refractivity contribution >= 4 is 23.2 Å². The molecule has 0 atom stereocenters. The second-order valence-corrected chi connectivity index (χ2v) is 7.48. The number of hydrogen-bond acceptors (Lipinski definition) is 4. The molecular formula is C24H21ClN4O2. The van der Waals surface area contributed by atoms with Crippen molar-refractivity contribution in [2.45, 2.75) is 13.8 Å². The minimum Gasteiger partial charge on any atom is -0.497 e. The Hall–Kier alpha value is -3.64. The summed E-state index contributed by atoms with van der Waals surface area (Å²) < 4.78 is 6.83. The molecule has 0 saturated heterocycles. The van der Waals surface area contributed by atoms with E-state index in [1.165, 1.54) is 0 Å². The van der Waals surface area contributed by atoms with Crippen LogP contribution in [0.2, 0.25) is 5.02 Å². The molecule has 1 N–H and O–H groups in total. The van der Waals surface area contributed by atoms with Gasteiger partial charge in [0, 0.05) is 11.3 Å². The van der Waals surface area contributed by atoms with Gasteiger partial charge in [0.1, 0.15) is 5.75 Å². The summed E-state index contributed by atoms with van der Waals surface area (Å²) in [7, 11) is 1.61. The molecule has 0 bridgehead atoms. The van der Waals surface area contributed by atoms with Gasteiger partial charge < -0.3 is 10.1 Å². The van der Waals surface area contributed by atoms with Gasteiger partial charge in [-0.3, -0.25) is 4.79 Å². The number of nitrogens with one attached hydrogen (secondary N) is 1. The van der Waals surface area contributed by atoms with Crippen molar-refractivity contribution in [1.82, 2.24) is 14.8 Å². The molecule has 3 aromatic carbocycles. The molecule has 0 saturated carbocycles. The monoisotopic (exact) mass is 432 g/mol. The van der Waals surface area contributed by atoms with Crippen LogP contribution >= 0.6 is 11.6 Å². The highest BCUT2D eigenvalue weighted by molar-refractivity contribution is 6.32. The van der Waals surface area contributed by atoms with Crippen molar-refractivity contribution in [2.75, 3.05) is 12.4 Å². The maximum atomic E-state index is 13.0. The lowest BCUT2D eigenvalue weighted by molar-refractivity contribution is 0.101. The van der Waals surface area contributed by atoms with E-state index in [9.17, 15) is 4.79 Å². The number of carbonyl (C=O) groups is 1. The Morgan fingerprint density at radius 3 is 2.29 bits per heavy atom. The van der Waals surface area contributed by atoms with E-state index in [0.717, 1.165) is 28.1 Å². The minimum absolute atomic E-state index is 0.0494. The Morgan fingerprint density at radius 1 is 0.968 bits per heavy atom. The fourth-order valence-electron chi connectivity index (χ4n) is 3.31. The number of aryl methyl sites for hydroxylation is 2. The van der Waals surface area contributed by atoms with E-state index in [4.69, 9.17) is 16.3 Å². The van der Waals surface area contributed by atoms with Crippen LogP contribution in [0.3, 0.4) is 0 Å². The van der Waals surface area contributed by atoms with Crippen LogP contribution in [0.25, 0.3) is 17.1 Å². The number of para-hydroxylation sites is 2. The minimum atomic E-state index is -0.391. The molecule has 6 nitrogen and oxygen atoms in total. The van der Waals surface area contributed by atoms with Gasteiger partial charge in [-0.15, -0.1) is 5.10 Å². The van der Waals surface area contributed by atoms with Crippen LogP contribution in [0.4, 0.5) is 5.69 Å². The molecule has 7 heteroatoms. The number of aromatic nitrogens is 3. The van der Waals surface area contributed by atoms with Crippen LogP contribution in [-0.4, -0.2) is 27.8 Å². The molecule has 0 radical (unpaired) electrons. The predicted octanol–water partition coefficient (Wildman–Crippen LogP) is 5.47. The van der Waals surface area contributed by atoms with Crippen LogP contribution < -0.4 is 10.1 Å². The van der Waals surface area contributed by atoms with Crippen molar-refractivity contribution in [2.24, 2.45) is 0 Å². The first-order valence-electron chi connectivity index (χ1n) is 9.72. The third-order valence-electron chi connectivity index (χ3n) is 4.96. The van der Waals surface area contributed by atoms with E-state index in [1.807, 2.05) is 74.5 Å².